The van der Waals surface area contributed by atoms with E-state index in [-0.39, 0.29) is 0 Å². The predicted octanol–water partition coefficient (Wildman–Crippen LogP) is 4.03. The summed E-state index contributed by atoms with van der Waals surface area (Å²) in [6, 6.07) is 23.8. The minimum Gasteiger partial charge on any atom is -0.388 e. The average molecular weight is 298 g/mol. The van der Waals surface area contributed by atoms with Crippen molar-refractivity contribution in [1.29, 1.82) is 0 Å². The molecule has 0 saturated heterocycles. The first kappa shape index (κ1) is 12.5. The smallest absolute Gasteiger partial charge is 0.292 e. The Balaban J connectivity index is 2.00. The molecule has 3 heterocycles. The van der Waals surface area contributed by atoms with Crippen LogP contribution in [0, 0.1) is 0 Å². The fraction of sp³-hybridized carbons (Fsp3) is 0.0500. The molecule has 1 N–H and O–H groups in total. The number of benzene rings is 2. The highest BCUT2D eigenvalue weighted by molar-refractivity contribution is 5.87. The van der Waals surface area contributed by atoms with Crippen LogP contribution in [0.25, 0.3) is 33.0 Å². The number of hydrogen-bond acceptors (Lipinski definition) is 1. The molecule has 3 heteroatoms. The molecule has 110 valence electrons. The zero-order valence-electron chi connectivity index (χ0n) is 12.8. The number of rotatable bonds is 1. The van der Waals surface area contributed by atoms with Gasteiger partial charge in [0, 0.05) is 29.6 Å². The largest absolute Gasteiger partial charge is 0.388 e. The fourth-order valence-corrected chi connectivity index (χ4v) is 3.46. The molecule has 3 nitrogen and oxygen atoms in total. The summed E-state index contributed by atoms with van der Waals surface area (Å²) in [6.45, 7) is 0. The zero-order valence-corrected chi connectivity index (χ0v) is 12.8. The van der Waals surface area contributed by atoms with Crippen molar-refractivity contribution in [2.45, 2.75) is 0 Å². The van der Waals surface area contributed by atoms with Crippen molar-refractivity contribution < 1.29 is 4.40 Å². The molecule has 0 aliphatic carbocycles. The third-order valence-corrected chi connectivity index (χ3v) is 4.59. The topological polar surface area (TPSA) is 20.5 Å². The van der Waals surface area contributed by atoms with E-state index in [1.807, 2.05) is 7.05 Å². The number of nitrogens with one attached hydrogen (secondary N) is 1. The summed E-state index contributed by atoms with van der Waals surface area (Å²) >= 11 is 0. The van der Waals surface area contributed by atoms with Gasteiger partial charge in [0.2, 0.25) is 0 Å². The van der Waals surface area contributed by atoms with E-state index in [0.717, 1.165) is 5.69 Å². The van der Waals surface area contributed by atoms with Crippen LogP contribution in [0.4, 0.5) is 5.69 Å². The summed E-state index contributed by atoms with van der Waals surface area (Å²) in [4.78, 5) is 0. The lowest BCUT2D eigenvalue weighted by molar-refractivity contribution is -0.479. The zero-order chi connectivity index (χ0) is 15.4. The average Bonchev–Trinajstić information content (AvgIpc) is 3.00. The normalized spacial score (nSPS) is 11.7. The number of nitrogens with zero attached hydrogens (tertiary/aromatic N) is 2. The molecule has 0 radical (unpaired) electrons. The van der Waals surface area contributed by atoms with Gasteiger partial charge in [-0.2, -0.15) is 8.80 Å². The number of anilines is 1. The maximum atomic E-state index is 3.21. The van der Waals surface area contributed by atoms with E-state index in [1.165, 1.54) is 33.0 Å². The Morgan fingerprint density at radius 3 is 2.65 bits per heavy atom. The van der Waals surface area contributed by atoms with Gasteiger partial charge in [-0.15, -0.1) is 0 Å². The first-order chi connectivity index (χ1) is 11.3. The molecule has 5 aromatic rings. The number of aromatic nitrogens is 2. The number of para-hydroxylation sites is 1. The van der Waals surface area contributed by atoms with Gasteiger partial charge in [0.15, 0.2) is 5.52 Å². The van der Waals surface area contributed by atoms with Crippen LogP contribution in [0.2, 0.25) is 0 Å². The van der Waals surface area contributed by atoms with E-state index in [0.29, 0.717) is 0 Å². The summed E-state index contributed by atoms with van der Waals surface area (Å²) in [7, 11) is 1.95. The first-order valence-electron chi connectivity index (χ1n) is 7.80. The van der Waals surface area contributed by atoms with Crippen molar-refractivity contribution in [2.75, 3.05) is 12.4 Å². The Morgan fingerprint density at radius 1 is 0.870 bits per heavy atom. The number of fused-ring (bicyclic) bond motifs is 7. The van der Waals surface area contributed by atoms with Crippen LogP contribution in [0.5, 0.6) is 0 Å². The maximum Gasteiger partial charge on any atom is 0.292 e. The predicted molar refractivity (Wildman–Crippen MR) is 95.1 cm³/mol. The molecule has 0 spiro atoms. The van der Waals surface area contributed by atoms with Crippen molar-refractivity contribution in [1.82, 2.24) is 4.40 Å². The van der Waals surface area contributed by atoms with Crippen molar-refractivity contribution in [3.8, 4) is 0 Å². The second-order valence-corrected chi connectivity index (χ2v) is 5.87. The molecule has 2 aromatic carbocycles. The molecule has 0 amide bonds. The molecule has 23 heavy (non-hydrogen) atoms. The number of pyridine rings is 2. The SMILES string of the molecule is CNc1ccc2c(ccc3c[n+]4c5ccccc5ccc4n32)c1. The van der Waals surface area contributed by atoms with Gasteiger partial charge in [-0.05, 0) is 42.5 Å². The molecule has 0 saturated carbocycles. The summed E-state index contributed by atoms with van der Waals surface area (Å²) in [5.41, 5.74) is 5.96. The number of imidazole rings is 1. The van der Waals surface area contributed by atoms with Crippen molar-refractivity contribution >= 4 is 38.7 Å². The van der Waals surface area contributed by atoms with Crippen LogP contribution in [0.15, 0.2) is 72.9 Å². The molecule has 0 aliphatic rings. The lowest BCUT2D eigenvalue weighted by Gasteiger charge is -2.02. The molecule has 0 atom stereocenters. The van der Waals surface area contributed by atoms with E-state index < -0.39 is 0 Å². The Labute approximate surface area is 133 Å². The molecule has 5 rings (SSSR count). The Hall–Kier alpha value is -3.07. The van der Waals surface area contributed by atoms with Gasteiger partial charge in [0.1, 0.15) is 17.2 Å². The van der Waals surface area contributed by atoms with Gasteiger partial charge in [-0.3, -0.25) is 0 Å². The molecule has 0 unspecified atom stereocenters. The second kappa shape index (κ2) is 4.46. The van der Waals surface area contributed by atoms with Crippen molar-refractivity contribution in [3.05, 3.63) is 72.9 Å². The second-order valence-electron chi connectivity index (χ2n) is 5.87. The highest BCUT2D eigenvalue weighted by atomic mass is 15.1. The Kier molecular flexibility index (Phi) is 2.42. The van der Waals surface area contributed by atoms with Gasteiger partial charge >= 0.3 is 0 Å². The highest BCUT2D eigenvalue weighted by Gasteiger charge is 2.16. The lowest BCUT2D eigenvalue weighted by Crippen LogP contribution is -2.19. The van der Waals surface area contributed by atoms with E-state index in [4.69, 9.17) is 0 Å². The number of hydrogen-bond donors (Lipinski definition) is 1. The van der Waals surface area contributed by atoms with Gasteiger partial charge in [-0.25, -0.2) is 0 Å². The maximum absolute atomic E-state index is 3.21. The molecule has 0 aliphatic heterocycles. The summed E-state index contributed by atoms with van der Waals surface area (Å²) in [6.07, 6.45) is 2.21. The Morgan fingerprint density at radius 2 is 1.74 bits per heavy atom. The lowest BCUT2D eigenvalue weighted by atomic mass is 10.2. The quantitative estimate of drug-likeness (QED) is 0.463. The van der Waals surface area contributed by atoms with Crippen LogP contribution in [-0.2, 0) is 0 Å². The summed E-state index contributed by atoms with van der Waals surface area (Å²) in [5, 5.41) is 5.69. The molecule has 0 fully saturated rings. The standard InChI is InChI=1S/C20H16N3/c1-21-16-8-10-19-15(12-16)6-9-17-13-22-18-5-3-2-4-14(18)7-11-20(22)23(17)19/h2-13,21H,1H3/q+1. The minimum absolute atomic E-state index is 1.13. The van der Waals surface area contributed by atoms with E-state index in [9.17, 15) is 0 Å². The van der Waals surface area contributed by atoms with E-state index >= 15 is 0 Å². The van der Waals surface area contributed by atoms with Gasteiger partial charge < -0.3 is 5.32 Å². The van der Waals surface area contributed by atoms with E-state index in [1.54, 1.807) is 0 Å². The van der Waals surface area contributed by atoms with Crippen LogP contribution in [0.1, 0.15) is 0 Å². The van der Waals surface area contributed by atoms with Crippen LogP contribution < -0.4 is 9.72 Å². The molecular formula is C20H16N3+. The summed E-state index contributed by atoms with van der Waals surface area (Å²) < 4.78 is 4.59. The highest BCUT2D eigenvalue weighted by Crippen LogP contribution is 2.23. The molecule has 0 bridgehead atoms. The van der Waals surface area contributed by atoms with Crippen LogP contribution in [-0.4, -0.2) is 11.4 Å². The monoisotopic (exact) mass is 298 g/mol. The van der Waals surface area contributed by atoms with E-state index in [2.05, 4.69) is 87.0 Å². The van der Waals surface area contributed by atoms with Crippen LogP contribution in [0.3, 0.4) is 0 Å². The minimum atomic E-state index is 1.13. The Bertz CT molecular complexity index is 1200. The van der Waals surface area contributed by atoms with Crippen molar-refractivity contribution in [2.24, 2.45) is 0 Å². The first-order valence-corrected chi connectivity index (χ1v) is 7.80. The summed E-state index contributed by atoms with van der Waals surface area (Å²) in [5.74, 6) is 0. The van der Waals surface area contributed by atoms with Gasteiger partial charge in [0.25, 0.3) is 5.65 Å². The molecule has 3 aromatic heterocycles. The third kappa shape index (κ3) is 1.67. The van der Waals surface area contributed by atoms with Gasteiger partial charge in [0.05, 0.1) is 0 Å². The van der Waals surface area contributed by atoms with Gasteiger partial charge in [-0.1, -0.05) is 18.2 Å². The van der Waals surface area contributed by atoms with Crippen molar-refractivity contribution in [3.63, 3.8) is 0 Å². The van der Waals surface area contributed by atoms with Crippen LogP contribution >= 0.6 is 0 Å². The molecular weight excluding hydrogens is 282 g/mol. The third-order valence-electron chi connectivity index (χ3n) is 4.59. The fourth-order valence-electron chi connectivity index (χ4n) is 3.46.